The summed E-state index contributed by atoms with van der Waals surface area (Å²) in [5.41, 5.74) is 3.38. The van der Waals surface area contributed by atoms with Crippen LogP contribution in [-0.4, -0.2) is 54.5 Å². The van der Waals surface area contributed by atoms with Gasteiger partial charge in [0.2, 0.25) is 5.76 Å². The maximum Gasteiger partial charge on any atom is 0.264 e. The number of hydrogen-bond donors (Lipinski definition) is 3. The molecule has 1 aromatic carbocycles. The van der Waals surface area contributed by atoms with Crippen molar-refractivity contribution in [3.8, 4) is 11.8 Å². The van der Waals surface area contributed by atoms with Crippen molar-refractivity contribution in [2.75, 3.05) is 20.0 Å². The summed E-state index contributed by atoms with van der Waals surface area (Å²) in [6.45, 7) is 1.12. The number of aryl methyl sites for hydroxylation is 1. The smallest absolute Gasteiger partial charge is 0.264 e. The van der Waals surface area contributed by atoms with Crippen molar-refractivity contribution in [2.45, 2.75) is 30.6 Å². The number of sulfone groups is 1. The number of nitrogens with one attached hydrogen (secondary N) is 1. The Morgan fingerprint density at radius 1 is 1.33 bits per heavy atom. The number of aliphatic hydroxyl groups is 1. The molecule has 30 heavy (non-hydrogen) atoms. The van der Waals surface area contributed by atoms with E-state index in [-0.39, 0.29) is 25.2 Å². The van der Waals surface area contributed by atoms with E-state index in [1.165, 1.54) is 19.5 Å². The normalized spacial score (nSPS) is 14.3. The fourth-order valence-corrected chi connectivity index (χ4v) is 3.53. The van der Waals surface area contributed by atoms with Crippen LogP contribution in [0.15, 0.2) is 34.9 Å². The van der Waals surface area contributed by atoms with Crippen LogP contribution in [0.25, 0.3) is 0 Å². The summed E-state index contributed by atoms with van der Waals surface area (Å²) >= 11 is 0. The van der Waals surface area contributed by atoms with Gasteiger partial charge in [0.1, 0.15) is 10.9 Å². The van der Waals surface area contributed by atoms with Crippen LogP contribution in [-0.2, 0) is 25.8 Å². The van der Waals surface area contributed by atoms with Gasteiger partial charge in [-0.3, -0.25) is 10.0 Å². The molecule has 0 saturated heterocycles. The van der Waals surface area contributed by atoms with Crippen LogP contribution in [0.2, 0.25) is 0 Å². The quantitative estimate of drug-likeness (QED) is 0.316. The van der Waals surface area contributed by atoms with Gasteiger partial charge < -0.3 is 14.4 Å². The van der Waals surface area contributed by atoms with Crippen molar-refractivity contribution in [2.24, 2.45) is 0 Å². The van der Waals surface area contributed by atoms with Gasteiger partial charge in [-0.1, -0.05) is 23.2 Å². The minimum Gasteiger partial charge on any atom is -0.393 e. The summed E-state index contributed by atoms with van der Waals surface area (Å²) in [4.78, 5) is 11.8. The Morgan fingerprint density at radius 2 is 2.00 bits per heavy atom. The lowest BCUT2D eigenvalue weighted by atomic mass is 10.0. The highest BCUT2D eigenvalue weighted by Crippen LogP contribution is 2.23. The average molecular weight is 436 g/mol. The molecular weight excluding hydrogens is 412 g/mol. The summed E-state index contributed by atoms with van der Waals surface area (Å²) in [6.07, 6.45) is 0.582. The number of rotatable bonds is 8. The average Bonchev–Trinajstić information content (AvgIpc) is 3.18. The molecule has 2 aromatic rings. The first-order chi connectivity index (χ1) is 14.1. The van der Waals surface area contributed by atoms with E-state index in [2.05, 4.69) is 17.0 Å². The fraction of sp³-hybridized carbons (Fsp3) is 0.400. The second-order valence-corrected chi connectivity index (χ2v) is 9.35. The molecule has 0 aliphatic carbocycles. The number of ether oxygens (including phenoxy) is 1. The van der Waals surface area contributed by atoms with Crippen molar-refractivity contribution in [1.29, 1.82) is 0 Å². The van der Waals surface area contributed by atoms with Crippen LogP contribution < -0.4 is 5.48 Å². The predicted molar refractivity (Wildman–Crippen MR) is 107 cm³/mol. The van der Waals surface area contributed by atoms with E-state index in [9.17, 15) is 18.3 Å². The van der Waals surface area contributed by atoms with Gasteiger partial charge in [0.15, 0.2) is 9.84 Å². The first-order valence-corrected chi connectivity index (χ1v) is 10.9. The number of hydroxylamine groups is 1. The number of aromatic nitrogens is 1. The van der Waals surface area contributed by atoms with Crippen molar-refractivity contribution in [3.63, 3.8) is 0 Å². The second-order valence-electron chi connectivity index (χ2n) is 6.91. The second kappa shape index (κ2) is 9.86. The molecule has 1 amide bonds. The van der Waals surface area contributed by atoms with Crippen molar-refractivity contribution in [1.82, 2.24) is 10.6 Å². The summed E-state index contributed by atoms with van der Waals surface area (Å²) in [5.74, 6) is 5.02. The Labute approximate surface area is 174 Å². The maximum absolute atomic E-state index is 12.0. The van der Waals surface area contributed by atoms with E-state index in [0.717, 1.165) is 11.8 Å². The predicted octanol–water partition coefficient (Wildman–Crippen LogP) is 0.995. The summed E-state index contributed by atoms with van der Waals surface area (Å²) in [7, 11) is -2.26. The number of benzene rings is 1. The molecular formula is C20H24N2O7S. The third kappa shape index (κ3) is 5.46. The van der Waals surface area contributed by atoms with Crippen LogP contribution in [0.1, 0.15) is 42.0 Å². The fourth-order valence-electron chi connectivity index (χ4n) is 2.67. The van der Waals surface area contributed by atoms with E-state index >= 15 is 0 Å². The molecule has 1 aromatic heterocycles. The SMILES string of the molecule is CO[C@H](CO)c1ccc(C#Cc2cc(CC[C@](C)(C(=O)NO)S(C)(=O)=O)no2)cc1. The van der Waals surface area contributed by atoms with Gasteiger partial charge in [0.25, 0.3) is 5.91 Å². The first-order valence-electron chi connectivity index (χ1n) is 9.00. The minimum atomic E-state index is -3.78. The Balaban J connectivity index is 2.08. The molecule has 2 rings (SSSR count). The summed E-state index contributed by atoms with van der Waals surface area (Å²) in [5, 5.41) is 21.9. The summed E-state index contributed by atoms with van der Waals surface area (Å²) < 4.78 is 32.5. The first kappa shape index (κ1) is 23.6. The van der Waals surface area contributed by atoms with Crippen LogP contribution >= 0.6 is 0 Å². The number of aliphatic hydroxyl groups excluding tert-OH is 1. The van der Waals surface area contributed by atoms with Crippen LogP contribution in [0.3, 0.4) is 0 Å². The van der Waals surface area contributed by atoms with Gasteiger partial charge in [0, 0.05) is 25.0 Å². The van der Waals surface area contributed by atoms with E-state index in [0.29, 0.717) is 11.3 Å². The number of amides is 1. The Kier molecular flexibility index (Phi) is 7.75. The number of nitrogens with zero attached hydrogens (tertiary/aromatic N) is 1. The number of methoxy groups -OCH3 is 1. The molecule has 162 valence electrons. The number of carbonyl (C=O) groups excluding carboxylic acids is 1. The third-order valence-corrected chi connectivity index (χ3v) is 6.91. The molecule has 0 bridgehead atoms. The lowest BCUT2D eigenvalue weighted by molar-refractivity contribution is -0.131. The van der Waals surface area contributed by atoms with E-state index < -0.39 is 26.6 Å². The van der Waals surface area contributed by atoms with Crippen molar-refractivity contribution in [3.05, 3.63) is 52.9 Å². The Hall–Kier alpha value is -2.71. The Bertz CT molecular complexity index is 1030. The van der Waals surface area contributed by atoms with Crippen molar-refractivity contribution >= 4 is 15.7 Å². The molecule has 0 fully saturated rings. The topological polar surface area (TPSA) is 139 Å². The minimum absolute atomic E-state index is 0.0926. The monoisotopic (exact) mass is 436 g/mol. The molecule has 0 unspecified atom stereocenters. The third-order valence-electron chi connectivity index (χ3n) is 4.88. The van der Waals surface area contributed by atoms with Gasteiger partial charge in [-0.05, 0) is 43.4 Å². The molecule has 10 heteroatoms. The lowest BCUT2D eigenvalue weighted by Gasteiger charge is -2.24. The van der Waals surface area contributed by atoms with Crippen molar-refractivity contribution < 1.29 is 32.8 Å². The van der Waals surface area contributed by atoms with Gasteiger partial charge in [-0.15, -0.1) is 0 Å². The molecule has 1 heterocycles. The van der Waals surface area contributed by atoms with Crippen LogP contribution in [0, 0.1) is 11.8 Å². The maximum atomic E-state index is 12.0. The van der Waals surface area contributed by atoms with E-state index in [4.69, 9.17) is 14.5 Å². The highest BCUT2D eigenvalue weighted by atomic mass is 32.2. The molecule has 0 aliphatic rings. The lowest BCUT2D eigenvalue weighted by Crippen LogP contribution is -2.49. The van der Waals surface area contributed by atoms with Gasteiger partial charge >= 0.3 is 0 Å². The highest BCUT2D eigenvalue weighted by molar-refractivity contribution is 7.92. The summed E-state index contributed by atoms with van der Waals surface area (Å²) in [6, 6.07) is 8.74. The van der Waals surface area contributed by atoms with Crippen LogP contribution in [0.5, 0.6) is 0 Å². The van der Waals surface area contributed by atoms with Gasteiger partial charge in [0.05, 0.1) is 12.3 Å². The molecule has 0 spiro atoms. The van der Waals surface area contributed by atoms with Gasteiger partial charge in [-0.2, -0.15) is 0 Å². The standard InChI is InChI=1S/C20H24N2O7S/c1-20(19(24)21-25,30(3,26)27)11-10-16-12-17(29-22-16)9-6-14-4-7-15(8-5-14)18(13-23)28-2/h4-5,7-8,12,18,23,25H,10-11,13H2,1-3H3,(H,21,24)/t18-,20-/m1/s1. The number of carbonyl (C=O) groups is 1. The zero-order chi connectivity index (χ0) is 22.4. The van der Waals surface area contributed by atoms with E-state index in [1.807, 2.05) is 0 Å². The molecule has 3 N–H and O–H groups in total. The largest absolute Gasteiger partial charge is 0.393 e. The van der Waals surface area contributed by atoms with Gasteiger partial charge in [-0.25, -0.2) is 13.9 Å². The molecule has 0 aliphatic heterocycles. The highest BCUT2D eigenvalue weighted by Gasteiger charge is 2.43. The Morgan fingerprint density at radius 3 is 2.53 bits per heavy atom. The molecule has 0 saturated carbocycles. The molecule has 0 radical (unpaired) electrons. The number of hydrogen-bond acceptors (Lipinski definition) is 8. The van der Waals surface area contributed by atoms with Crippen LogP contribution in [0.4, 0.5) is 0 Å². The molecule has 2 atom stereocenters. The van der Waals surface area contributed by atoms with E-state index in [1.54, 1.807) is 30.3 Å². The molecule has 9 nitrogen and oxygen atoms in total. The zero-order valence-corrected chi connectivity index (χ0v) is 17.7. The zero-order valence-electron chi connectivity index (χ0n) is 16.9.